The van der Waals surface area contributed by atoms with Gasteiger partial charge in [-0.1, -0.05) is 218 Å². The van der Waals surface area contributed by atoms with Gasteiger partial charge in [-0.2, -0.15) is 0 Å². The fraction of sp³-hybridized carbons (Fsp3) is 0.836. The molecule has 61 heavy (non-hydrogen) atoms. The molecule has 6 nitrogen and oxygen atoms in total. The van der Waals surface area contributed by atoms with Gasteiger partial charge in [-0.05, 0) is 77.0 Å². The average molecular weight is 857 g/mol. The molecule has 0 aliphatic carbocycles. The van der Waals surface area contributed by atoms with E-state index < -0.39 is 6.10 Å². The third kappa shape index (κ3) is 48.5. The van der Waals surface area contributed by atoms with Crippen LogP contribution in [0.5, 0.6) is 0 Å². The van der Waals surface area contributed by atoms with E-state index in [1.165, 1.54) is 154 Å². The molecule has 0 bridgehead atoms. The lowest BCUT2D eigenvalue weighted by Gasteiger charge is -2.18. The normalized spacial score (nSPS) is 12.2. The maximum absolute atomic E-state index is 12.8. The van der Waals surface area contributed by atoms with Crippen LogP contribution in [0.2, 0.25) is 0 Å². The van der Waals surface area contributed by atoms with Crippen LogP contribution in [0.3, 0.4) is 0 Å². The van der Waals surface area contributed by atoms with Gasteiger partial charge in [0.1, 0.15) is 13.2 Å². The number of hydrogen-bond acceptors (Lipinski definition) is 6. The van der Waals surface area contributed by atoms with E-state index >= 15 is 0 Å². The monoisotopic (exact) mass is 857 g/mol. The molecule has 1 atom stereocenters. The summed E-state index contributed by atoms with van der Waals surface area (Å²) < 4.78 is 16.8. The zero-order valence-electron chi connectivity index (χ0n) is 40.7. The molecule has 0 rings (SSSR count). The molecule has 0 aromatic heterocycles. The number of carbonyl (C=O) groups is 3. The van der Waals surface area contributed by atoms with E-state index in [0.29, 0.717) is 19.3 Å². The Hall–Kier alpha value is -2.37. The van der Waals surface area contributed by atoms with E-state index in [0.717, 1.165) is 83.5 Å². The van der Waals surface area contributed by atoms with Crippen LogP contribution in [0, 0.1) is 0 Å². The lowest BCUT2D eigenvalue weighted by molar-refractivity contribution is -0.167. The lowest BCUT2D eigenvalue weighted by atomic mass is 10.0. The smallest absolute Gasteiger partial charge is 0.306 e. The van der Waals surface area contributed by atoms with E-state index in [2.05, 4.69) is 57.2 Å². The van der Waals surface area contributed by atoms with Crippen molar-refractivity contribution in [1.82, 2.24) is 0 Å². The Kier molecular flexibility index (Phi) is 48.3. The molecule has 0 aliphatic rings. The molecular weight excluding hydrogens is 757 g/mol. The summed E-state index contributed by atoms with van der Waals surface area (Å²) >= 11 is 0. The molecule has 0 amide bonds. The van der Waals surface area contributed by atoms with E-state index in [9.17, 15) is 14.4 Å². The molecule has 0 fully saturated rings. The topological polar surface area (TPSA) is 78.9 Å². The van der Waals surface area contributed by atoms with Crippen molar-refractivity contribution in [3.05, 3.63) is 36.5 Å². The van der Waals surface area contributed by atoms with E-state index in [1.54, 1.807) is 0 Å². The maximum atomic E-state index is 12.8. The molecule has 0 heterocycles. The Morgan fingerprint density at radius 1 is 0.328 bits per heavy atom. The Morgan fingerprint density at radius 3 is 0.951 bits per heavy atom. The second-order valence-corrected chi connectivity index (χ2v) is 17.8. The maximum Gasteiger partial charge on any atom is 0.306 e. The van der Waals surface area contributed by atoms with Gasteiger partial charge in [0.25, 0.3) is 0 Å². The predicted molar refractivity (Wildman–Crippen MR) is 261 cm³/mol. The third-order valence-electron chi connectivity index (χ3n) is 11.6. The quantitative estimate of drug-likeness (QED) is 0.0262. The molecule has 0 spiro atoms. The SMILES string of the molecule is CCCCCC=CCC=CCCCCCCCC(=O)OCC(COC(=O)CCCCCCCC=CCCCCCCCC)OC(=O)CCCCCCCCCCCCCCC. The first-order valence-corrected chi connectivity index (χ1v) is 26.5. The number of carbonyl (C=O) groups excluding carboxylic acids is 3. The predicted octanol–water partition coefficient (Wildman–Crippen LogP) is 17.3. The summed E-state index contributed by atoms with van der Waals surface area (Å²) in [6.45, 7) is 6.61. The molecule has 1 unspecified atom stereocenters. The van der Waals surface area contributed by atoms with Crippen LogP contribution >= 0.6 is 0 Å². The minimum Gasteiger partial charge on any atom is -0.462 e. The molecule has 0 aromatic carbocycles. The van der Waals surface area contributed by atoms with E-state index in [-0.39, 0.29) is 31.1 Å². The highest BCUT2D eigenvalue weighted by molar-refractivity contribution is 5.71. The van der Waals surface area contributed by atoms with Crippen LogP contribution in [0.4, 0.5) is 0 Å². The Balaban J connectivity index is 4.38. The summed E-state index contributed by atoms with van der Waals surface area (Å²) in [4.78, 5) is 38.0. The van der Waals surface area contributed by atoms with Gasteiger partial charge in [-0.15, -0.1) is 0 Å². The van der Waals surface area contributed by atoms with Gasteiger partial charge in [-0.3, -0.25) is 14.4 Å². The van der Waals surface area contributed by atoms with Gasteiger partial charge in [0.05, 0.1) is 0 Å². The minimum absolute atomic E-state index is 0.0782. The lowest BCUT2D eigenvalue weighted by Crippen LogP contribution is -2.30. The Morgan fingerprint density at radius 2 is 0.590 bits per heavy atom. The highest BCUT2D eigenvalue weighted by Crippen LogP contribution is 2.15. The van der Waals surface area contributed by atoms with Crippen molar-refractivity contribution in [2.75, 3.05) is 13.2 Å². The number of unbranched alkanes of at least 4 members (excludes halogenated alkanes) is 31. The molecule has 6 heteroatoms. The molecule has 0 radical (unpaired) electrons. The standard InChI is InChI=1S/C55H100O6/c1-4-7-10-13-16-19-22-25-27-30-32-35-38-41-44-47-53(56)59-50-52(61-55(58)49-46-43-40-37-34-29-24-21-18-15-12-9-6-3)51-60-54(57)48-45-42-39-36-33-31-28-26-23-20-17-14-11-8-5-2/h16,19,25-28,52H,4-15,17-18,20-24,29-51H2,1-3H3. The van der Waals surface area contributed by atoms with Crippen LogP contribution in [0.25, 0.3) is 0 Å². The van der Waals surface area contributed by atoms with Crippen molar-refractivity contribution in [3.63, 3.8) is 0 Å². The van der Waals surface area contributed by atoms with Gasteiger partial charge < -0.3 is 14.2 Å². The van der Waals surface area contributed by atoms with Crippen LogP contribution in [0.15, 0.2) is 36.5 Å². The van der Waals surface area contributed by atoms with Gasteiger partial charge in [0.2, 0.25) is 0 Å². The Labute approximate surface area is 378 Å². The van der Waals surface area contributed by atoms with Crippen LogP contribution in [-0.4, -0.2) is 37.2 Å². The summed E-state index contributed by atoms with van der Waals surface area (Å²) in [5.41, 5.74) is 0. The minimum atomic E-state index is -0.777. The highest BCUT2D eigenvalue weighted by atomic mass is 16.6. The molecule has 0 aliphatic heterocycles. The summed E-state index contributed by atoms with van der Waals surface area (Å²) in [7, 11) is 0. The fourth-order valence-electron chi connectivity index (χ4n) is 7.59. The van der Waals surface area contributed by atoms with E-state index in [1.807, 2.05) is 0 Å². The molecule has 0 N–H and O–H groups in total. The molecular formula is C55H100O6. The second-order valence-electron chi connectivity index (χ2n) is 17.8. The van der Waals surface area contributed by atoms with E-state index in [4.69, 9.17) is 14.2 Å². The molecule has 0 saturated heterocycles. The number of ether oxygens (including phenoxy) is 3. The van der Waals surface area contributed by atoms with Crippen molar-refractivity contribution in [2.45, 2.75) is 284 Å². The van der Waals surface area contributed by atoms with Crippen molar-refractivity contribution < 1.29 is 28.6 Å². The molecule has 0 saturated carbocycles. The fourth-order valence-corrected chi connectivity index (χ4v) is 7.59. The van der Waals surface area contributed by atoms with Crippen LogP contribution in [0.1, 0.15) is 278 Å². The van der Waals surface area contributed by atoms with Crippen LogP contribution < -0.4 is 0 Å². The molecule has 356 valence electrons. The first-order chi connectivity index (χ1) is 30.0. The Bertz CT molecular complexity index is 1030. The number of hydrogen-bond donors (Lipinski definition) is 0. The van der Waals surface area contributed by atoms with Crippen molar-refractivity contribution >= 4 is 17.9 Å². The largest absolute Gasteiger partial charge is 0.462 e. The number of allylic oxidation sites excluding steroid dienone is 6. The zero-order valence-corrected chi connectivity index (χ0v) is 40.7. The van der Waals surface area contributed by atoms with Crippen molar-refractivity contribution in [3.8, 4) is 0 Å². The van der Waals surface area contributed by atoms with Gasteiger partial charge in [0.15, 0.2) is 6.10 Å². The highest BCUT2D eigenvalue weighted by Gasteiger charge is 2.19. The summed E-state index contributed by atoms with van der Waals surface area (Å²) in [5, 5.41) is 0. The number of rotatable bonds is 48. The van der Waals surface area contributed by atoms with Gasteiger partial charge in [-0.25, -0.2) is 0 Å². The van der Waals surface area contributed by atoms with Crippen molar-refractivity contribution in [1.29, 1.82) is 0 Å². The first-order valence-electron chi connectivity index (χ1n) is 26.5. The van der Waals surface area contributed by atoms with Gasteiger partial charge >= 0.3 is 17.9 Å². The molecule has 0 aromatic rings. The number of esters is 3. The van der Waals surface area contributed by atoms with Crippen LogP contribution in [-0.2, 0) is 28.6 Å². The summed E-state index contributed by atoms with van der Waals surface area (Å²) in [6.07, 6.45) is 58.3. The van der Waals surface area contributed by atoms with Crippen molar-refractivity contribution in [2.24, 2.45) is 0 Å². The van der Waals surface area contributed by atoms with Gasteiger partial charge in [0, 0.05) is 19.3 Å². The third-order valence-corrected chi connectivity index (χ3v) is 11.6. The summed E-state index contributed by atoms with van der Waals surface area (Å²) in [5.74, 6) is -0.888. The second kappa shape index (κ2) is 50.3. The first kappa shape index (κ1) is 58.6. The average Bonchev–Trinajstić information content (AvgIpc) is 3.26. The zero-order chi connectivity index (χ0) is 44.4. The summed E-state index contributed by atoms with van der Waals surface area (Å²) in [6, 6.07) is 0.